The summed E-state index contributed by atoms with van der Waals surface area (Å²) >= 11 is 3.32. The molecule has 0 aliphatic heterocycles. The van der Waals surface area contributed by atoms with Crippen LogP contribution < -0.4 is 10.2 Å². The summed E-state index contributed by atoms with van der Waals surface area (Å²) in [5.74, 6) is -0.0922. The fourth-order valence-electron chi connectivity index (χ4n) is 1.61. The Morgan fingerprint density at radius 1 is 1.18 bits per heavy atom. The summed E-state index contributed by atoms with van der Waals surface area (Å²) in [6, 6.07) is 13.0. The minimum absolute atomic E-state index is 0.137. The second kappa shape index (κ2) is 7.70. The van der Waals surface area contributed by atoms with E-state index in [0.29, 0.717) is 11.5 Å². The number of benzene rings is 2. The molecular formula is C16H14BrFN2O2. The maximum absolute atomic E-state index is 12.8. The highest BCUT2D eigenvalue weighted by Gasteiger charge is 2.03. The van der Waals surface area contributed by atoms with Crippen molar-refractivity contribution in [2.75, 3.05) is 6.61 Å². The van der Waals surface area contributed by atoms with E-state index < -0.39 is 0 Å². The Bertz CT molecular complexity index is 670. The zero-order valence-corrected chi connectivity index (χ0v) is 13.4. The van der Waals surface area contributed by atoms with Gasteiger partial charge in [-0.1, -0.05) is 28.1 Å². The first-order valence-electron chi connectivity index (χ1n) is 6.52. The van der Waals surface area contributed by atoms with Crippen LogP contribution in [0.2, 0.25) is 0 Å². The van der Waals surface area contributed by atoms with Crippen LogP contribution >= 0.6 is 15.9 Å². The molecule has 0 aliphatic carbocycles. The number of nitrogens with one attached hydrogen (secondary N) is 1. The van der Waals surface area contributed by atoms with Gasteiger partial charge in [-0.15, -0.1) is 0 Å². The van der Waals surface area contributed by atoms with Gasteiger partial charge in [-0.3, -0.25) is 4.79 Å². The lowest BCUT2D eigenvalue weighted by molar-refractivity contribution is -0.123. The minimum atomic E-state index is -0.371. The summed E-state index contributed by atoms with van der Waals surface area (Å²) in [5.41, 5.74) is 3.71. The summed E-state index contributed by atoms with van der Waals surface area (Å²) in [6.07, 6.45) is 0. The Morgan fingerprint density at radius 2 is 1.82 bits per heavy atom. The summed E-state index contributed by atoms with van der Waals surface area (Å²) < 4.78 is 19.1. The Labute approximate surface area is 136 Å². The van der Waals surface area contributed by atoms with Crippen LogP contribution in [0.5, 0.6) is 5.75 Å². The Morgan fingerprint density at radius 3 is 2.45 bits per heavy atom. The molecule has 0 bridgehead atoms. The third-order valence-electron chi connectivity index (χ3n) is 2.79. The summed E-state index contributed by atoms with van der Waals surface area (Å²) in [5, 5.41) is 3.96. The van der Waals surface area contributed by atoms with Crippen molar-refractivity contribution in [2.45, 2.75) is 6.92 Å². The number of nitrogens with zero attached hydrogens (tertiary/aromatic N) is 1. The van der Waals surface area contributed by atoms with Crippen molar-refractivity contribution in [1.29, 1.82) is 0 Å². The Balaban J connectivity index is 1.85. The van der Waals surface area contributed by atoms with Gasteiger partial charge in [0, 0.05) is 4.47 Å². The number of carbonyl (C=O) groups excluding carboxylic acids is 1. The maximum atomic E-state index is 12.8. The minimum Gasteiger partial charge on any atom is -0.484 e. The van der Waals surface area contributed by atoms with Crippen LogP contribution in [0.3, 0.4) is 0 Å². The molecule has 0 aliphatic rings. The third-order valence-corrected chi connectivity index (χ3v) is 3.32. The van der Waals surface area contributed by atoms with Gasteiger partial charge < -0.3 is 4.74 Å². The van der Waals surface area contributed by atoms with Crippen molar-refractivity contribution >= 4 is 27.5 Å². The van der Waals surface area contributed by atoms with Crippen molar-refractivity contribution in [1.82, 2.24) is 5.43 Å². The molecule has 0 fully saturated rings. The average Bonchev–Trinajstić information content (AvgIpc) is 2.52. The molecule has 4 nitrogen and oxygen atoms in total. The van der Waals surface area contributed by atoms with Gasteiger partial charge in [0.2, 0.25) is 0 Å². The van der Waals surface area contributed by atoms with Gasteiger partial charge in [0.1, 0.15) is 11.6 Å². The lowest BCUT2D eigenvalue weighted by Crippen LogP contribution is -2.25. The molecule has 6 heteroatoms. The van der Waals surface area contributed by atoms with E-state index in [4.69, 9.17) is 4.74 Å². The van der Waals surface area contributed by atoms with E-state index in [1.807, 2.05) is 12.1 Å². The van der Waals surface area contributed by atoms with Crippen LogP contribution in [0, 0.1) is 5.82 Å². The number of hydrazone groups is 1. The van der Waals surface area contributed by atoms with Crippen LogP contribution in [-0.2, 0) is 4.79 Å². The van der Waals surface area contributed by atoms with Crippen LogP contribution in [0.1, 0.15) is 12.5 Å². The van der Waals surface area contributed by atoms with Gasteiger partial charge in [-0.05, 0) is 48.9 Å². The molecule has 22 heavy (non-hydrogen) atoms. The lowest BCUT2D eigenvalue weighted by atomic mass is 10.1. The van der Waals surface area contributed by atoms with E-state index in [1.54, 1.807) is 31.2 Å². The molecule has 2 rings (SSSR count). The zero-order chi connectivity index (χ0) is 15.9. The highest BCUT2D eigenvalue weighted by atomic mass is 79.9. The number of ether oxygens (including phenoxy) is 1. The van der Waals surface area contributed by atoms with Gasteiger partial charge >= 0.3 is 0 Å². The number of hydrogen-bond donors (Lipinski definition) is 1. The van der Waals surface area contributed by atoms with Crippen molar-refractivity contribution in [3.8, 4) is 5.75 Å². The summed E-state index contributed by atoms with van der Waals surface area (Å²) in [7, 11) is 0. The summed E-state index contributed by atoms with van der Waals surface area (Å²) in [4.78, 5) is 11.7. The zero-order valence-electron chi connectivity index (χ0n) is 11.8. The number of hydrogen-bond acceptors (Lipinski definition) is 3. The third kappa shape index (κ3) is 4.96. The fourth-order valence-corrected chi connectivity index (χ4v) is 1.88. The molecule has 0 aromatic heterocycles. The molecule has 0 radical (unpaired) electrons. The quantitative estimate of drug-likeness (QED) is 0.651. The predicted octanol–water partition coefficient (Wildman–Crippen LogP) is 3.51. The number of carbonyl (C=O) groups is 1. The van der Waals surface area contributed by atoms with Gasteiger partial charge in [0.25, 0.3) is 5.91 Å². The van der Waals surface area contributed by atoms with E-state index in [-0.39, 0.29) is 18.3 Å². The molecule has 0 saturated carbocycles. The highest BCUT2D eigenvalue weighted by Crippen LogP contribution is 2.15. The summed E-state index contributed by atoms with van der Waals surface area (Å²) in [6.45, 7) is 1.59. The second-order valence-electron chi connectivity index (χ2n) is 4.48. The molecule has 0 spiro atoms. The SMILES string of the molecule is C/C(=N/NC(=O)COc1ccc(Br)cc1)c1ccc(F)cc1. The smallest absolute Gasteiger partial charge is 0.277 e. The van der Waals surface area contributed by atoms with Gasteiger partial charge in [-0.2, -0.15) is 5.10 Å². The first-order valence-corrected chi connectivity index (χ1v) is 7.31. The first kappa shape index (κ1) is 16.2. The van der Waals surface area contributed by atoms with E-state index in [1.165, 1.54) is 12.1 Å². The van der Waals surface area contributed by atoms with Crippen molar-refractivity contribution < 1.29 is 13.9 Å². The van der Waals surface area contributed by atoms with E-state index >= 15 is 0 Å². The second-order valence-corrected chi connectivity index (χ2v) is 5.40. The van der Waals surface area contributed by atoms with E-state index in [2.05, 4.69) is 26.5 Å². The van der Waals surface area contributed by atoms with Gasteiger partial charge in [0.15, 0.2) is 6.61 Å². The van der Waals surface area contributed by atoms with Gasteiger partial charge in [0.05, 0.1) is 5.71 Å². The monoisotopic (exact) mass is 364 g/mol. The maximum Gasteiger partial charge on any atom is 0.277 e. The topological polar surface area (TPSA) is 50.7 Å². The largest absolute Gasteiger partial charge is 0.484 e. The Hall–Kier alpha value is -2.21. The van der Waals surface area contributed by atoms with E-state index in [9.17, 15) is 9.18 Å². The fraction of sp³-hybridized carbons (Fsp3) is 0.125. The molecule has 1 N–H and O–H groups in total. The molecule has 2 aromatic carbocycles. The normalized spacial score (nSPS) is 11.1. The standard InChI is InChI=1S/C16H14BrFN2O2/c1-11(12-2-6-14(18)7-3-12)19-20-16(21)10-22-15-8-4-13(17)5-9-15/h2-9H,10H2,1H3,(H,20,21)/b19-11-. The highest BCUT2D eigenvalue weighted by molar-refractivity contribution is 9.10. The average molecular weight is 365 g/mol. The van der Waals surface area contributed by atoms with E-state index in [0.717, 1.165) is 10.0 Å². The van der Waals surface area contributed by atoms with Crippen LogP contribution in [0.4, 0.5) is 4.39 Å². The van der Waals surface area contributed by atoms with Gasteiger partial charge in [-0.25, -0.2) is 9.82 Å². The molecule has 0 unspecified atom stereocenters. The molecule has 0 atom stereocenters. The number of halogens is 2. The first-order chi connectivity index (χ1) is 10.5. The lowest BCUT2D eigenvalue weighted by Gasteiger charge is -2.06. The van der Waals surface area contributed by atoms with Crippen molar-refractivity contribution in [3.05, 3.63) is 64.4 Å². The van der Waals surface area contributed by atoms with Crippen LogP contribution in [0.25, 0.3) is 0 Å². The molecule has 0 heterocycles. The van der Waals surface area contributed by atoms with Crippen molar-refractivity contribution in [2.24, 2.45) is 5.10 Å². The van der Waals surface area contributed by atoms with Crippen LogP contribution in [0.15, 0.2) is 58.1 Å². The molecule has 0 saturated heterocycles. The molecule has 2 aromatic rings. The number of rotatable bonds is 5. The Kier molecular flexibility index (Phi) is 5.66. The van der Waals surface area contributed by atoms with Crippen molar-refractivity contribution in [3.63, 3.8) is 0 Å². The molecule has 1 amide bonds. The van der Waals surface area contributed by atoms with Crippen LogP contribution in [-0.4, -0.2) is 18.2 Å². The predicted molar refractivity (Wildman–Crippen MR) is 86.4 cm³/mol. The number of amides is 1. The molecular weight excluding hydrogens is 351 g/mol. The molecule has 114 valence electrons.